The molecule has 5 nitrogen and oxygen atoms in total. The van der Waals surface area contributed by atoms with Gasteiger partial charge in [-0.25, -0.2) is 9.37 Å². The molecule has 0 atom stereocenters. The number of anilines is 1. The zero-order valence-corrected chi connectivity index (χ0v) is 22.4. The number of ether oxygens (including phenoxy) is 1. The maximum absolute atomic E-state index is 13.7. The van der Waals surface area contributed by atoms with E-state index in [4.69, 9.17) is 9.72 Å². The number of nitrogens with zero attached hydrogens (tertiary/aromatic N) is 2. The van der Waals surface area contributed by atoms with E-state index in [1.165, 1.54) is 23.5 Å². The van der Waals surface area contributed by atoms with Gasteiger partial charge in [0.05, 0.1) is 28.9 Å². The Morgan fingerprint density at radius 2 is 1.85 bits per heavy atom. The topological polar surface area (TPSA) is 75.0 Å². The molecule has 5 rings (SSSR count). The molecule has 1 amide bonds. The van der Waals surface area contributed by atoms with Gasteiger partial charge in [-0.3, -0.25) is 4.79 Å². The fourth-order valence-corrected chi connectivity index (χ4v) is 5.49. The van der Waals surface area contributed by atoms with Crippen molar-refractivity contribution in [2.45, 2.75) is 26.7 Å². The second-order valence-corrected chi connectivity index (χ2v) is 10.3. The first-order valence-corrected chi connectivity index (χ1v) is 13.5. The summed E-state index contributed by atoms with van der Waals surface area (Å²) in [7, 11) is 0. The lowest BCUT2D eigenvalue weighted by Crippen LogP contribution is -2.13. The van der Waals surface area contributed by atoms with Crippen molar-refractivity contribution in [2.24, 2.45) is 0 Å². The van der Waals surface area contributed by atoms with Crippen LogP contribution >= 0.6 is 11.3 Å². The standard InChI is InChI=1S/C32H26FN3O2S/c1-3-4-16-38-24-9-7-8-22(17-24)29-18-26(25-10-5-6-11-28(25)35-29)31(37)36-32-27(19-34)30(20(2)39-32)21-12-14-23(33)15-13-21/h5-15,17-18H,3-4,16H2,1-2H3,(H,36,37). The molecule has 0 unspecified atom stereocenters. The molecule has 5 aromatic rings. The Balaban J connectivity index is 1.52. The van der Waals surface area contributed by atoms with Crippen LogP contribution < -0.4 is 10.1 Å². The first-order valence-electron chi connectivity index (χ1n) is 12.7. The van der Waals surface area contributed by atoms with E-state index in [2.05, 4.69) is 18.3 Å². The highest BCUT2D eigenvalue weighted by Crippen LogP contribution is 2.40. The Labute approximate surface area is 230 Å². The molecule has 39 heavy (non-hydrogen) atoms. The molecular weight excluding hydrogens is 509 g/mol. The van der Waals surface area contributed by atoms with Gasteiger partial charge in [-0.15, -0.1) is 11.3 Å². The lowest BCUT2D eigenvalue weighted by molar-refractivity contribution is 0.102. The molecule has 2 aromatic heterocycles. The first-order chi connectivity index (χ1) is 19.0. The maximum atomic E-state index is 13.7. The number of aromatic nitrogens is 1. The molecule has 194 valence electrons. The second-order valence-electron chi connectivity index (χ2n) is 9.11. The number of pyridine rings is 1. The predicted octanol–water partition coefficient (Wildman–Crippen LogP) is 8.38. The van der Waals surface area contributed by atoms with Gasteiger partial charge in [-0.05, 0) is 55.3 Å². The highest BCUT2D eigenvalue weighted by Gasteiger charge is 2.21. The summed E-state index contributed by atoms with van der Waals surface area (Å²) < 4.78 is 19.4. The fourth-order valence-electron chi connectivity index (χ4n) is 4.46. The van der Waals surface area contributed by atoms with Crippen molar-refractivity contribution in [1.82, 2.24) is 4.98 Å². The number of halogens is 1. The first kappa shape index (κ1) is 26.1. The summed E-state index contributed by atoms with van der Waals surface area (Å²) >= 11 is 1.32. The van der Waals surface area contributed by atoms with E-state index in [-0.39, 0.29) is 11.7 Å². The van der Waals surface area contributed by atoms with Crippen LogP contribution in [0.4, 0.5) is 9.39 Å². The van der Waals surface area contributed by atoms with Gasteiger partial charge in [-0.2, -0.15) is 5.26 Å². The summed E-state index contributed by atoms with van der Waals surface area (Å²) in [6, 6.07) is 25.2. The summed E-state index contributed by atoms with van der Waals surface area (Å²) in [5.41, 5.74) is 4.39. The molecule has 2 heterocycles. The highest BCUT2D eigenvalue weighted by molar-refractivity contribution is 7.17. The minimum Gasteiger partial charge on any atom is -0.494 e. The molecule has 0 aliphatic carbocycles. The highest BCUT2D eigenvalue weighted by atomic mass is 32.1. The van der Waals surface area contributed by atoms with Crippen LogP contribution in [0.1, 0.15) is 40.6 Å². The second kappa shape index (κ2) is 11.5. The van der Waals surface area contributed by atoms with Crippen LogP contribution in [0.5, 0.6) is 5.75 Å². The van der Waals surface area contributed by atoms with Crippen molar-refractivity contribution in [3.05, 3.63) is 101 Å². The summed E-state index contributed by atoms with van der Waals surface area (Å²) in [6.45, 7) is 4.64. The summed E-state index contributed by atoms with van der Waals surface area (Å²) in [5.74, 6) is 0.0636. The zero-order valence-electron chi connectivity index (χ0n) is 21.6. The molecule has 0 fully saturated rings. The molecular formula is C32H26FN3O2S. The van der Waals surface area contributed by atoms with Gasteiger partial charge in [0.2, 0.25) is 0 Å². The Morgan fingerprint density at radius 1 is 1.05 bits per heavy atom. The van der Waals surface area contributed by atoms with E-state index in [0.29, 0.717) is 44.9 Å². The number of fused-ring (bicyclic) bond motifs is 1. The zero-order chi connectivity index (χ0) is 27.4. The van der Waals surface area contributed by atoms with Crippen LogP contribution in [-0.4, -0.2) is 17.5 Å². The lowest BCUT2D eigenvalue weighted by atomic mass is 10.0. The predicted molar refractivity (Wildman–Crippen MR) is 155 cm³/mol. The van der Waals surface area contributed by atoms with E-state index < -0.39 is 0 Å². The number of para-hydroxylation sites is 1. The van der Waals surface area contributed by atoms with Crippen molar-refractivity contribution < 1.29 is 13.9 Å². The largest absolute Gasteiger partial charge is 0.494 e. The van der Waals surface area contributed by atoms with Gasteiger partial charge in [-0.1, -0.05) is 55.8 Å². The van der Waals surface area contributed by atoms with Crippen LogP contribution in [-0.2, 0) is 0 Å². The third kappa shape index (κ3) is 5.52. The quantitative estimate of drug-likeness (QED) is 0.203. The molecule has 0 radical (unpaired) electrons. The number of carbonyl (C=O) groups excluding carboxylic acids is 1. The Hall–Kier alpha value is -4.54. The minimum atomic E-state index is -0.350. The molecule has 0 aliphatic rings. The van der Waals surface area contributed by atoms with Gasteiger partial charge in [0.25, 0.3) is 5.91 Å². The van der Waals surface area contributed by atoms with Crippen LogP contribution in [0.25, 0.3) is 33.3 Å². The average Bonchev–Trinajstić information content (AvgIpc) is 3.27. The molecule has 0 bridgehead atoms. The number of benzene rings is 3. The lowest BCUT2D eigenvalue weighted by Gasteiger charge is -2.11. The third-order valence-corrected chi connectivity index (χ3v) is 7.43. The normalized spacial score (nSPS) is 10.8. The SMILES string of the molecule is CCCCOc1cccc(-c2cc(C(=O)Nc3sc(C)c(-c4ccc(F)cc4)c3C#N)c3ccccc3n2)c1. The molecule has 0 aliphatic heterocycles. The van der Waals surface area contributed by atoms with Crippen molar-refractivity contribution >= 4 is 33.1 Å². The Morgan fingerprint density at radius 3 is 2.62 bits per heavy atom. The third-order valence-electron chi connectivity index (χ3n) is 6.41. The number of unbranched alkanes of at least 4 members (excludes halogenated alkanes) is 1. The van der Waals surface area contributed by atoms with Crippen molar-refractivity contribution in [2.75, 3.05) is 11.9 Å². The maximum Gasteiger partial charge on any atom is 0.257 e. The van der Waals surface area contributed by atoms with E-state index in [0.717, 1.165) is 34.6 Å². The number of hydrogen-bond donors (Lipinski definition) is 1. The van der Waals surface area contributed by atoms with E-state index >= 15 is 0 Å². The molecule has 3 aromatic carbocycles. The van der Waals surface area contributed by atoms with Gasteiger partial charge in [0.15, 0.2) is 0 Å². The van der Waals surface area contributed by atoms with Crippen LogP contribution in [0.2, 0.25) is 0 Å². The van der Waals surface area contributed by atoms with Crippen molar-refractivity contribution in [3.63, 3.8) is 0 Å². The number of thiophene rings is 1. The fraction of sp³-hybridized carbons (Fsp3) is 0.156. The Kier molecular flexibility index (Phi) is 7.67. The van der Waals surface area contributed by atoms with Gasteiger partial charge < -0.3 is 10.1 Å². The number of nitrogens with one attached hydrogen (secondary N) is 1. The minimum absolute atomic E-state index is 0.339. The van der Waals surface area contributed by atoms with Gasteiger partial charge in [0.1, 0.15) is 22.6 Å². The van der Waals surface area contributed by atoms with E-state index in [9.17, 15) is 14.4 Å². The summed E-state index contributed by atoms with van der Waals surface area (Å²) in [6.07, 6.45) is 2.02. The molecule has 0 saturated carbocycles. The summed E-state index contributed by atoms with van der Waals surface area (Å²) in [5, 5.41) is 14.1. The van der Waals surface area contributed by atoms with Gasteiger partial charge >= 0.3 is 0 Å². The van der Waals surface area contributed by atoms with E-state index in [1.807, 2.05) is 55.5 Å². The average molecular weight is 536 g/mol. The van der Waals surface area contributed by atoms with Crippen molar-refractivity contribution in [1.29, 1.82) is 5.26 Å². The summed E-state index contributed by atoms with van der Waals surface area (Å²) in [4.78, 5) is 19.4. The molecule has 0 spiro atoms. The number of nitriles is 1. The van der Waals surface area contributed by atoms with Crippen LogP contribution in [0.15, 0.2) is 78.9 Å². The smallest absolute Gasteiger partial charge is 0.257 e. The van der Waals surface area contributed by atoms with Crippen LogP contribution in [0.3, 0.4) is 0 Å². The molecule has 7 heteroatoms. The number of amides is 1. The van der Waals surface area contributed by atoms with Crippen molar-refractivity contribution in [3.8, 4) is 34.2 Å². The van der Waals surface area contributed by atoms with Crippen LogP contribution in [0, 0.1) is 24.1 Å². The number of aryl methyl sites for hydroxylation is 1. The number of carbonyl (C=O) groups is 1. The Bertz CT molecular complexity index is 1700. The molecule has 1 N–H and O–H groups in total. The number of rotatable bonds is 8. The monoisotopic (exact) mass is 535 g/mol. The van der Waals surface area contributed by atoms with Gasteiger partial charge in [0, 0.05) is 21.4 Å². The molecule has 0 saturated heterocycles. The van der Waals surface area contributed by atoms with E-state index in [1.54, 1.807) is 18.2 Å². The number of hydrogen-bond acceptors (Lipinski definition) is 5.